The summed E-state index contributed by atoms with van der Waals surface area (Å²) in [5, 5.41) is 19.2. The van der Waals surface area contributed by atoms with E-state index < -0.39 is 48.2 Å². The van der Waals surface area contributed by atoms with Crippen LogP contribution < -0.4 is 60.8 Å². The van der Waals surface area contributed by atoms with Gasteiger partial charge in [0.15, 0.2) is 5.78 Å². The number of hydrazine groups is 1. The third-order valence-corrected chi connectivity index (χ3v) is 9.92. The lowest BCUT2D eigenvalue weighted by atomic mass is 9.99. The first kappa shape index (κ1) is 51.7. The van der Waals surface area contributed by atoms with Crippen LogP contribution in [0.3, 0.4) is 0 Å². The molecule has 326 valence electrons. The van der Waals surface area contributed by atoms with Gasteiger partial charge in [0.1, 0.15) is 30.5 Å². The number of amides is 2. The molecule has 1 rings (SSSR count). The van der Waals surface area contributed by atoms with E-state index in [-0.39, 0.29) is 30.6 Å². The number of Topliss-reactive ketones (excluding diaryl/α,β-unsaturated/α-hetero) is 2. The number of amidine groups is 1. The van der Waals surface area contributed by atoms with Crippen LogP contribution in [0.15, 0.2) is 24.3 Å². The summed E-state index contributed by atoms with van der Waals surface area (Å²) in [5.74, 6) is -2.13. The van der Waals surface area contributed by atoms with Gasteiger partial charge in [-0.1, -0.05) is 122 Å². The second-order valence-corrected chi connectivity index (χ2v) is 15.5. The Morgan fingerprint density at radius 2 is 1.14 bits per heavy atom. The van der Waals surface area contributed by atoms with E-state index in [2.05, 4.69) is 39.0 Å². The topological polar surface area (TPSA) is 294 Å². The molecule has 0 saturated heterocycles. The molecule has 0 aromatic heterocycles. The quantitative estimate of drug-likeness (QED) is 0.0116. The Morgan fingerprint density at radius 1 is 0.649 bits per heavy atom. The maximum atomic E-state index is 13.7. The highest BCUT2D eigenvalue weighted by Gasteiger charge is 2.30. The molecule has 0 aliphatic carbocycles. The van der Waals surface area contributed by atoms with Crippen molar-refractivity contribution in [2.24, 2.45) is 34.6 Å². The highest BCUT2D eigenvalue weighted by atomic mass is 16.2. The Kier molecular flexibility index (Phi) is 28.7. The second kappa shape index (κ2) is 31.6. The highest BCUT2D eigenvalue weighted by molar-refractivity contribution is 6.39. The molecule has 17 N–H and O–H groups in total. The summed E-state index contributed by atoms with van der Waals surface area (Å²) in [7, 11) is 0. The lowest BCUT2D eigenvalue weighted by molar-refractivity contribution is -0.138. The second-order valence-electron chi connectivity index (χ2n) is 15.5. The first-order valence-electron chi connectivity index (χ1n) is 21.3. The molecule has 3 atom stereocenters. The molecular weight excluding hydrogens is 725 g/mol. The van der Waals surface area contributed by atoms with E-state index in [0.29, 0.717) is 50.8 Å². The van der Waals surface area contributed by atoms with Crippen molar-refractivity contribution in [3.05, 3.63) is 35.4 Å². The number of rotatable bonds is 36. The van der Waals surface area contributed by atoms with Crippen LogP contribution >= 0.6 is 0 Å². The summed E-state index contributed by atoms with van der Waals surface area (Å²) in [4.78, 5) is 53.7. The molecule has 2 amide bonds. The van der Waals surface area contributed by atoms with E-state index in [1.807, 2.05) is 13.8 Å². The molecule has 1 aromatic rings. The minimum Gasteiger partial charge on any atom is -0.384 e. The molecule has 0 aliphatic rings. The van der Waals surface area contributed by atoms with Gasteiger partial charge in [0.25, 0.3) is 0 Å². The predicted molar refractivity (Wildman–Crippen MR) is 229 cm³/mol. The van der Waals surface area contributed by atoms with E-state index >= 15 is 0 Å². The Bertz CT molecular complexity index is 1280. The number of carbonyl (C=O) groups is 4. The van der Waals surface area contributed by atoms with Crippen molar-refractivity contribution in [3.8, 4) is 0 Å². The third kappa shape index (κ3) is 24.9. The van der Waals surface area contributed by atoms with Crippen LogP contribution in [0.1, 0.15) is 147 Å². The Hall–Kier alpha value is -3.35. The predicted octanol–water partition coefficient (Wildman–Crippen LogP) is 2.32. The fraction of sp³-hybridized carbons (Fsp3) is 0.732. The van der Waals surface area contributed by atoms with Gasteiger partial charge in [0.05, 0.1) is 6.04 Å². The molecular formula is C41H78N12O4. The van der Waals surface area contributed by atoms with Crippen molar-refractivity contribution in [2.75, 3.05) is 13.1 Å². The number of benzene rings is 1. The fourth-order valence-corrected chi connectivity index (χ4v) is 6.41. The first-order chi connectivity index (χ1) is 27.3. The van der Waals surface area contributed by atoms with Gasteiger partial charge < -0.3 is 39.3 Å². The van der Waals surface area contributed by atoms with Crippen molar-refractivity contribution in [1.29, 1.82) is 5.41 Å². The van der Waals surface area contributed by atoms with Gasteiger partial charge in [-0.2, -0.15) is 0 Å². The molecule has 0 radical (unpaired) electrons. The zero-order chi connectivity index (χ0) is 42.4. The third-order valence-electron chi connectivity index (χ3n) is 9.92. The van der Waals surface area contributed by atoms with Gasteiger partial charge in [0, 0.05) is 18.5 Å². The van der Waals surface area contributed by atoms with E-state index in [1.54, 1.807) is 24.3 Å². The number of nitrogen functional groups attached to an aromatic ring is 1. The smallest absolute Gasteiger partial charge is 0.242 e. The number of hydrogen-bond donors (Lipinski definition) is 12. The molecule has 1 aromatic carbocycles. The van der Waals surface area contributed by atoms with Crippen LogP contribution in [0.5, 0.6) is 0 Å². The Balaban J connectivity index is 2.81. The average molecular weight is 803 g/mol. The molecule has 16 nitrogen and oxygen atoms in total. The summed E-state index contributed by atoms with van der Waals surface area (Å²) < 4.78 is 0. The monoisotopic (exact) mass is 803 g/mol. The number of ketones is 2. The highest BCUT2D eigenvalue weighted by Crippen LogP contribution is 2.14. The van der Waals surface area contributed by atoms with Crippen LogP contribution in [-0.4, -0.2) is 73.0 Å². The van der Waals surface area contributed by atoms with E-state index in [0.717, 1.165) is 24.8 Å². The van der Waals surface area contributed by atoms with Crippen molar-refractivity contribution >= 4 is 29.2 Å². The first-order valence-corrected chi connectivity index (χ1v) is 21.3. The minimum atomic E-state index is -0.890. The summed E-state index contributed by atoms with van der Waals surface area (Å²) in [6.45, 7) is 6.99. The lowest BCUT2D eigenvalue weighted by Crippen LogP contribution is -2.60. The Morgan fingerprint density at radius 3 is 1.61 bits per heavy atom. The maximum absolute atomic E-state index is 13.7. The molecule has 0 unspecified atom stereocenters. The van der Waals surface area contributed by atoms with Gasteiger partial charge in [-0.05, 0) is 56.7 Å². The van der Waals surface area contributed by atoms with Crippen molar-refractivity contribution < 1.29 is 19.2 Å². The number of carbonyl (C=O) groups excluding carboxylic acids is 4. The molecule has 16 heteroatoms. The molecule has 57 heavy (non-hydrogen) atoms. The number of nitrogens with one attached hydrogen (secondary N) is 7. The molecule has 0 aliphatic heterocycles. The largest absolute Gasteiger partial charge is 0.384 e. The van der Waals surface area contributed by atoms with E-state index in [4.69, 9.17) is 34.1 Å². The zero-order valence-electron chi connectivity index (χ0n) is 35.1. The summed E-state index contributed by atoms with van der Waals surface area (Å²) in [6, 6.07) is 4.31. The zero-order valence-corrected chi connectivity index (χ0v) is 35.1. The van der Waals surface area contributed by atoms with Crippen LogP contribution in [0.4, 0.5) is 0 Å². The molecule has 0 bridgehead atoms. The molecule has 0 heterocycles. The van der Waals surface area contributed by atoms with Crippen LogP contribution in [0, 0.1) is 11.3 Å². The lowest BCUT2D eigenvalue weighted by Gasteiger charge is -2.27. The summed E-state index contributed by atoms with van der Waals surface area (Å²) in [6.07, 6.45) is 15.7. The van der Waals surface area contributed by atoms with Crippen LogP contribution in [0.25, 0.3) is 0 Å². The van der Waals surface area contributed by atoms with Crippen molar-refractivity contribution in [2.45, 2.75) is 174 Å². The van der Waals surface area contributed by atoms with Crippen LogP contribution in [0.2, 0.25) is 0 Å². The number of nitrogens with two attached hydrogens (primary N) is 5. The van der Waals surface area contributed by atoms with E-state index in [1.165, 1.54) is 57.8 Å². The summed E-state index contributed by atoms with van der Waals surface area (Å²) in [5.41, 5.74) is 35.4. The van der Waals surface area contributed by atoms with E-state index in [9.17, 15) is 19.2 Å². The molecule has 0 fully saturated rings. The number of hydrogen-bond acceptors (Lipinski definition) is 13. The fourth-order valence-electron chi connectivity index (χ4n) is 6.41. The normalized spacial score (nSPS) is 13.2. The van der Waals surface area contributed by atoms with Gasteiger partial charge in [-0.15, -0.1) is 0 Å². The molecule has 0 saturated carbocycles. The standard InChI is InChI=1S/C41H78N12O4/c1-4-5-6-7-8-9-10-11-12-13-14-15-16-21-34(54)36(55)32(19-17-26-48-40(44)45)52-53-35(29(2)3)39(57)51-33(20-18-27-49-41(46)47)38(56)50-28-30-22-24-31(25-23-30)37(42)43/h22-25,29,32-33,35,40-41,48-49,52-53H,4-21,26-28,44-47H2,1-3H3,(H3,42,43)(H,50,56)(H,51,57)/t32-,33-,35-/m0/s1. The minimum absolute atomic E-state index is 0.0531. The van der Waals surface area contributed by atoms with Gasteiger partial charge in [0.2, 0.25) is 17.6 Å². The maximum Gasteiger partial charge on any atom is 0.242 e. The van der Waals surface area contributed by atoms with Crippen molar-refractivity contribution in [1.82, 2.24) is 32.1 Å². The van der Waals surface area contributed by atoms with Crippen molar-refractivity contribution in [3.63, 3.8) is 0 Å². The number of unbranched alkanes of at least 4 members (excludes halogenated alkanes) is 12. The molecule has 0 spiro atoms. The SMILES string of the molecule is CCCCCCCCCCCCCCCC(=O)C(=O)[C@H](CCCNC(N)N)NN[C@H](C(=O)N[C@@H](CCCNC(N)N)C(=O)NCc1ccc(C(=N)N)cc1)C(C)C. The van der Waals surface area contributed by atoms with Gasteiger partial charge in [-0.25, -0.2) is 10.9 Å². The summed E-state index contributed by atoms with van der Waals surface area (Å²) >= 11 is 0. The van der Waals surface area contributed by atoms with Crippen LogP contribution in [-0.2, 0) is 25.7 Å². The van der Waals surface area contributed by atoms with Gasteiger partial charge in [-0.3, -0.25) is 35.2 Å². The van der Waals surface area contributed by atoms with Gasteiger partial charge >= 0.3 is 0 Å². The Labute approximate surface area is 342 Å². The average Bonchev–Trinajstić information content (AvgIpc) is 3.17.